The summed E-state index contributed by atoms with van der Waals surface area (Å²) in [6, 6.07) is 7.90. The van der Waals surface area contributed by atoms with Crippen molar-refractivity contribution < 1.29 is 9.21 Å². The van der Waals surface area contributed by atoms with E-state index in [0.29, 0.717) is 0 Å². The molecule has 0 fully saturated rings. The van der Waals surface area contributed by atoms with Gasteiger partial charge in [0.25, 0.3) is 8.32 Å². The Kier molecular flexibility index (Phi) is 1.78. The quantitative estimate of drug-likeness (QED) is 0.699. The third kappa shape index (κ3) is 1.40. The van der Waals surface area contributed by atoms with Crippen molar-refractivity contribution in [3.05, 3.63) is 30.5 Å². The number of rotatable bonds is 1. The van der Waals surface area contributed by atoms with Gasteiger partial charge in [-0.15, -0.1) is 0 Å². The van der Waals surface area contributed by atoms with Crippen LogP contribution in [0.4, 0.5) is 0 Å². The second-order valence-electron chi connectivity index (χ2n) is 3.71. The summed E-state index contributed by atoms with van der Waals surface area (Å²) in [6.45, 7) is 3.72. The van der Waals surface area contributed by atoms with Gasteiger partial charge in [0.05, 0.1) is 6.26 Å². The molecule has 0 aliphatic carbocycles. The summed E-state index contributed by atoms with van der Waals surface area (Å²) in [4.78, 5) is 9.92. The second-order valence-corrected chi connectivity index (χ2v) is 7.28. The lowest BCUT2D eigenvalue weighted by atomic mass is 10.2. The topological polar surface area (TPSA) is 33.4 Å². The Labute approximate surface area is 77.9 Å². The fraction of sp³-hybridized carbons (Fsp3) is 0.200. The van der Waals surface area contributed by atoms with Gasteiger partial charge in [0.1, 0.15) is 5.38 Å². The van der Waals surface area contributed by atoms with E-state index in [1.54, 1.807) is 6.26 Å². The third-order valence-electron chi connectivity index (χ3n) is 2.06. The molecule has 1 N–H and O–H groups in total. The minimum Gasteiger partial charge on any atom is -0.470 e. The van der Waals surface area contributed by atoms with Crippen molar-refractivity contribution in [2.24, 2.45) is 0 Å². The van der Waals surface area contributed by atoms with E-state index in [1.807, 2.05) is 37.4 Å². The number of furan rings is 1. The zero-order valence-electron chi connectivity index (χ0n) is 7.74. The van der Waals surface area contributed by atoms with E-state index in [2.05, 4.69) is 0 Å². The van der Waals surface area contributed by atoms with Crippen LogP contribution in [0.1, 0.15) is 0 Å². The highest BCUT2D eigenvalue weighted by atomic mass is 28.4. The molecule has 2 aromatic rings. The minimum absolute atomic E-state index is 0.767. The molecule has 1 aromatic heterocycles. The van der Waals surface area contributed by atoms with Gasteiger partial charge in [0.2, 0.25) is 0 Å². The first-order valence-electron chi connectivity index (χ1n) is 4.28. The summed E-state index contributed by atoms with van der Waals surface area (Å²) in [6.07, 6.45) is 1.70. The number of fused-ring (bicyclic) bond motifs is 1. The lowest BCUT2D eigenvalue weighted by Gasteiger charge is -2.10. The van der Waals surface area contributed by atoms with Crippen LogP contribution in [0.2, 0.25) is 13.1 Å². The fourth-order valence-corrected chi connectivity index (χ4v) is 2.70. The Balaban J connectivity index is 2.72. The van der Waals surface area contributed by atoms with Crippen molar-refractivity contribution in [2.45, 2.75) is 13.1 Å². The van der Waals surface area contributed by atoms with E-state index in [4.69, 9.17) is 4.42 Å². The van der Waals surface area contributed by atoms with Gasteiger partial charge in [-0.2, -0.15) is 0 Å². The zero-order valence-corrected chi connectivity index (χ0v) is 8.74. The monoisotopic (exact) mass is 192 g/mol. The highest BCUT2D eigenvalue weighted by Gasteiger charge is 2.26. The number of hydrogen-bond acceptors (Lipinski definition) is 2. The van der Waals surface area contributed by atoms with Crippen LogP contribution in [-0.4, -0.2) is 13.1 Å². The molecule has 1 heterocycles. The van der Waals surface area contributed by atoms with Crippen LogP contribution in [0, 0.1) is 0 Å². The average Bonchev–Trinajstić information content (AvgIpc) is 2.45. The standard InChI is InChI=1S/C10H12O2Si/c1-13(2,11)10-9-6-4-3-5-8(9)7-12-10/h3-7,11H,1-2H3. The molecule has 0 atom stereocenters. The summed E-state index contributed by atoms with van der Waals surface area (Å²) in [5.41, 5.74) is 0. The van der Waals surface area contributed by atoms with Crippen molar-refractivity contribution in [2.75, 3.05) is 0 Å². The SMILES string of the molecule is C[Si](C)(O)c1occ2ccccc12. The lowest BCUT2D eigenvalue weighted by Crippen LogP contribution is -2.40. The van der Waals surface area contributed by atoms with Crippen molar-refractivity contribution in [1.29, 1.82) is 0 Å². The molecule has 1 aromatic carbocycles. The van der Waals surface area contributed by atoms with Crippen molar-refractivity contribution >= 4 is 24.5 Å². The first-order valence-corrected chi connectivity index (χ1v) is 7.23. The van der Waals surface area contributed by atoms with Crippen LogP contribution in [0.15, 0.2) is 34.9 Å². The van der Waals surface area contributed by atoms with Crippen LogP contribution in [0.3, 0.4) is 0 Å². The van der Waals surface area contributed by atoms with E-state index in [1.165, 1.54) is 0 Å². The molecule has 0 saturated heterocycles. The highest BCUT2D eigenvalue weighted by Crippen LogP contribution is 2.15. The highest BCUT2D eigenvalue weighted by molar-refractivity contribution is 6.84. The fourth-order valence-electron chi connectivity index (χ4n) is 1.47. The largest absolute Gasteiger partial charge is 0.470 e. The van der Waals surface area contributed by atoms with E-state index in [9.17, 15) is 4.80 Å². The molecule has 2 rings (SSSR count). The molecule has 0 spiro atoms. The van der Waals surface area contributed by atoms with Crippen LogP contribution in [-0.2, 0) is 0 Å². The van der Waals surface area contributed by atoms with Crippen LogP contribution < -0.4 is 5.38 Å². The van der Waals surface area contributed by atoms with Crippen LogP contribution >= 0.6 is 0 Å². The van der Waals surface area contributed by atoms with E-state index < -0.39 is 8.32 Å². The molecule has 0 amide bonds. The van der Waals surface area contributed by atoms with Crippen LogP contribution in [0.25, 0.3) is 10.8 Å². The summed E-state index contributed by atoms with van der Waals surface area (Å²) >= 11 is 0. The second kappa shape index (κ2) is 2.72. The van der Waals surface area contributed by atoms with Gasteiger partial charge in [-0.1, -0.05) is 24.3 Å². The number of hydrogen-bond donors (Lipinski definition) is 1. The average molecular weight is 192 g/mol. The Morgan fingerprint density at radius 3 is 2.62 bits per heavy atom. The maximum absolute atomic E-state index is 9.92. The Morgan fingerprint density at radius 1 is 1.23 bits per heavy atom. The van der Waals surface area contributed by atoms with Gasteiger partial charge in [0, 0.05) is 10.8 Å². The zero-order chi connectivity index (χ0) is 9.47. The normalized spacial score (nSPS) is 12.2. The summed E-state index contributed by atoms with van der Waals surface area (Å²) in [5.74, 6) is 0. The smallest absolute Gasteiger partial charge is 0.255 e. The lowest BCUT2D eigenvalue weighted by molar-refractivity contribution is 0.531. The van der Waals surface area contributed by atoms with Gasteiger partial charge >= 0.3 is 0 Å². The van der Waals surface area contributed by atoms with Gasteiger partial charge in [-0.25, -0.2) is 0 Å². The van der Waals surface area contributed by atoms with E-state index in [0.717, 1.165) is 16.2 Å². The van der Waals surface area contributed by atoms with Crippen molar-refractivity contribution in [3.8, 4) is 0 Å². The number of benzene rings is 1. The molecular weight excluding hydrogens is 180 g/mol. The first kappa shape index (κ1) is 8.53. The molecule has 0 aliphatic heterocycles. The third-order valence-corrected chi connectivity index (χ3v) is 3.56. The molecule has 0 saturated carbocycles. The van der Waals surface area contributed by atoms with Crippen molar-refractivity contribution in [3.63, 3.8) is 0 Å². The molecule has 0 aliphatic rings. The molecule has 0 unspecified atom stereocenters. The summed E-state index contributed by atoms with van der Waals surface area (Å²) in [5, 5.41) is 2.87. The van der Waals surface area contributed by atoms with E-state index >= 15 is 0 Å². The molecule has 68 valence electrons. The molecule has 0 bridgehead atoms. The molecule has 13 heavy (non-hydrogen) atoms. The minimum atomic E-state index is -2.31. The van der Waals surface area contributed by atoms with Gasteiger partial charge in [0.15, 0.2) is 0 Å². The Hall–Kier alpha value is -1.06. The summed E-state index contributed by atoms with van der Waals surface area (Å²) in [7, 11) is -2.31. The predicted molar refractivity (Wildman–Crippen MR) is 55.5 cm³/mol. The molecule has 3 heteroatoms. The molecular formula is C10H12O2Si. The first-order chi connectivity index (χ1) is 6.09. The molecule has 0 radical (unpaired) electrons. The Morgan fingerprint density at radius 2 is 1.92 bits per heavy atom. The predicted octanol–water partition coefficient (Wildman–Crippen LogP) is 1.84. The van der Waals surface area contributed by atoms with Crippen LogP contribution in [0.5, 0.6) is 0 Å². The van der Waals surface area contributed by atoms with Gasteiger partial charge in [-0.3, -0.25) is 0 Å². The van der Waals surface area contributed by atoms with Crippen molar-refractivity contribution in [1.82, 2.24) is 0 Å². The van der Waals surface area contributed by atoms with Gasteiger partial charge in [-0.05, 0) is 13.1 Å². The maximum Gasteiger partial charge on any atom is 0.255 e. The Bertz CT molecular complexity index is 426. The van der Waals surface area contributed by atoms with E-state index in [-0.39, 0.29) is 0 Å². The molecule has 2 nitrogen and oxygen atoms in total. The summed E-state index contributed by atoms with van der Waals surface area (Å²) < 4.78 is 5.39. The maximum atomic E-state index is 9.92. The van der Waals surface area contributed by atoms with Gasteiger partial charge < -0.3 is 9.21 Å².